The van der Waals surface area contributed by atoms with Gasteiger partial charge in [-0.15, -0.1) is 0 Å². The molecular formula is C15H16F3N. The Labute approximate surface area is 110 Å². The van der Waals surface area contributed by atoms with Crippen molar-refractivity contribution in [3.05, 3.63) is 47.5 Å². The van der Waals surface area contributed by atoms with Crippen LogP contribution in [-0.2, 0) is 12.7 Å². The van der Waals surface area contributed by atoms with Gasteiger partial charge in [0.15, 0.2) is 0 Å². The number of fused-ring (bicyclic) bond motifs is 1. The molecular weight excluding hydrogens is 251 g/mol. The Bertz CT molecular complexity index is 492. The molecule has 1 fully saturated rings. The molecule has 1 nitrogen and oxygen atoms in total. The standard InChI is InChI=1S/C15H16F3N/c16-15(17,18)13-7-2-1-4-11(13)9-19-14-8-10-5-3-6-12(10)14/h1-4,6-7,10,12,14,19H,5,8-9H2. The maximum absolute atomic E-state index is 12.8. The lowest BCUT2D eigenvalue weighted by Crippen LogP contribution is -2.47. The van der Waals surface area contributed by atoms with E-state index in [2.05, 4.69) is 17.5 Å². The number of rotatable bonds is 3. The third kappa shape index (κ3) is 2.41. The Morgan fingerprint density at radius 2 is 2.00 bits per heavy atom. The number of nitrogens with one attached hydrogen (secondary N) is 1. The highest BCUT2D eigenvalue weighted by molar-refractivity contribution is 5.29. The van der Waals surface area contributed by atoms with Gasteiger partial charge in [-0.3, -0.25) is 0 Å². The summed E-state index contributed by atoms with van der Waals surface area (Å²) in [5.41, 5.74) is -0.194. The Balaban J connectivity index is 1.66. The minimum atomic E-state index is -4.27. The van der Waals surface area contributed by atoms with Gasteiger partial charge in [0.1, 0.15) is 0 Å². The number of alkyl halides is 3. The Hall–Kier alpha value is -1.29. The van der Waals surface area contributed by atoms with Gasteiger partial charge in [0, 0.05) is 12.6 Å². The van der Waals surface area contributed by atoms with E-state index >= 15 is 0 Å². The van der Waals surface area contributed by atoms with Crippen LogP contribution in [0.3, 0.4) is 0 Å². The van der Waals surface area contributed by atoms with Crippen LogP contribution >= 0.6 is 0 Å². The van der Waals surface area contributed by atoms with E-state index in [9.17, 15) is 13.2 Å². The molecule has 4 heteroatoms. The van der Waals surface area contributed by atoms with Gasteiger partial charge in [-0.05, 0) is 36.3 Å². The van der Waals surface area contributed by atoms with Crippen LogP contribution in [0.25, 0.3) is 0 Å². The van der Waals surface area contributed by atoms with Crippen molar-refractivity contribution in [1.82, 2.24) is 5.32 Å². The maximum Gasteiger partial charge on any atom is 0.416 e. The summed E-state index contributed by atoms with van der Waals surface area (Å²) < 4.78 is 38.5. The molecule has 3 atom stereocenters. The third-order valence-electron chi connectivity index (χ3n) is 4.24. The predicted molar refractivity (Wildman–Crippen MR) is 67.4 cm³/mol. The van der Waals surface area contributed by atoms with Crippen LogP contribution in [0.2, 0.25) is 0 Å². The number of allylic oxidation sites excluding steroid dienone is 1. The van der Waals surface area contributed by atoms with Crippen molar-refractivity contribution in [3.63, 3.8) is 0 Å². The van der Waals surface area contributed by atoms with Crippen molar-refractivity contribution >= 4 is 0 Å². The number of hydrogen-bond donors (Lipinski definition) is 1. The van der Waals surface area contributed by atoms with Gasteiger partial charge in [-0.25, -0.2) is 0 Å². The summed E-state index contributed by atoms with van der Waals surface area (Å²) in [5, 5.41) is 3.27. The molecule has 3 unspecified atom stereocenters. The van der Waals surface area contributed by atoms with E-state index in [0.29, 0.717) is 17.5 Å². The summed E-state index contributed by atoms with van der Waals surface area (Å²) >= 11 is 0. The summed E-state index contributed by atoms with van der Waals surface area (Å²) in [7, 11) is 0. The van der Waals surface area contributed by atoms with E-state index < -0.39 is 11.7 Å². The lowest BCUT2D eigenvalue weighted by atomic mass is 9.71. The number of benzene rings is 1. The summed E-state index contributed by atoms with van der Waals surface area (Å²) in [6.45, 7) is 0.289. The number of hydrogen-bond acceptors (Lipinski definition) is 1. The zero-order valence-electron chi connectivity index (χ0n) is 10.5. The molecule has 3 rings (SSSR count). The average molecular weight is 267 g/mol. The molecule has 0 spiro atoms. The van der Waals surface area contributed by atoms with Crippen LogP contribution in [0.15, 0.2) is 36.4 Å². The fourth-order valence-corrected chi connectivity index (χ4v) is 3.14. The molecule has 0 radical (unpaired) electrons. The smallest absolute Gasteiger partial charge is 0.309 e. The van der Waals surface area contributed by atoms with Crippen molar-refractivity contribution in [3.8, 4) is 0 Å². The summed E-state index contributed by atoms with van der Waals surface area (Å²) in [5.74, 6) is 1.24. The first-order chi connectivity index (χ1) is 9.05. The molecule has 102 valence electrons. The van der Waals surface area contributed by atoms with Crippen molar-refractivity contribution in [2.24, 2.45) is 11.8 Å². The maximum atomic E-state index is 12.8. The van der Waals surface area contributed by atoms with E-state index in [0.717, 1.165) is 24.8 Å². The molecule has 0 heterocycles. The molecule has 0 aromatic heterocycles. The third-order valence-corrected chi connectivity index (χ3v) is 4.24. The second kappa shape index (κ2) is 4.67. The average Bonchev–Trinajstić information content (AvgIpc) is 2.70. The second-order valence-electron chi connectivity index (χ2n) is 5.38. The largest absolute Gasteiger partial charge is 0.416 e. The minimum absolute atomic E-state index is 0.289. The number of halogens is 3. The Morgan fingerprint density at radius 3 is 2.74 bits per heavy atom. The highest BCUT2D eigenvalue weighted by atomic mass is 19.4. The zero-order chi connectivity index (χ0) is 13.5. The predicted octanol–water partition coefficient (Wildman–Crippen LogP) is 3.76. The van der Waals surface area contributed by atoms with Gasteiger partial charge >= 0.3 is 6.18 Å². The molecule has 1 aromatic carbocycles. The van der Waals surface area contributed by atoms with Gasteiger partial charge in [0.05, 0.1) is 5.56 Å². The molecule has 1 saturated carbocycles. The molecule has 0 amide bonds. The Morgan fingerprint density at radius 1 is 1.21 bits per heavy atom. The molecule has 19 heavy (non-hydrogen) atoms. The monoisotopic (exact) mass is 267 g/mol. The second-order valence-corrected chi connectivity index (χ2v) is 5.38. The lowest BCUT2D eigenvalue weighted by Gasteiger charge is -2.41. The molecule has 2 aliphatic carbocycles. The van der Waals surface area contributed by atoms with Crippen molar-refractivity contribution < 1.29 is 13.2 Å². The minimum Gasteiger partial charge on any atom is -0.309 e. The first-order valence-corrected chi connectivity index (χ1v) is 6.61. The summed E-state index contributed by atoms with van der Waals surface area (Å²) in [4.78, 5) is 0. The van der Waals surface area contributed by atoms with Crippen molar-refractivity contribution in [2.75, 3.05) is 0 Å². The van der Waals surface area contributed by atoms with Crippen LogP contribution in [0, 0.1) is 11.8 Å². The fourth-order valence-electron chi connectivity index (χ4n) is 3.14. The van der Waals surface area contributed by atoms with E-state index in [1.54, 1.807) is 12.1 Å². The summed E-state index contributed by atoms with van der Waals surface area (Å²) in [6.07, 6.45) is 2.31. The molecule has 0 bridgehead atoms. The van der Waals surface area contributed by atoms with Gasteiger partial charge in [-0.1, -0.05) is 30.4 Å². The van der Waals surface area contributed by atoms with E-state index in [-0.39, 0.29) is 6.54 Å². The fraction of sp³-hybridized carbons (Fsp3) is 0.467. The van der Waals surface area contributed by atoms with E-state index in [4.69, 9.17) is 0 Å². The summed E-state index contributed by atoms with van der Waals surface area (Å²) in [6, 6.07) is 6.13. The van der Waals surface area contributed by atoms with Crippen molar-refractivity contribution in [1.29, 1.82) is 0 Å². The highest BCUT2D eigenvalue weighted by Gasteiger charge is 2.41. The highest BCUT2D eigenvalue weighted by Crippen LogP contribution is 2.43. The first-order valence-electron chi connectivity index (χ1n) is 6.61. The van der Waals surface area contributed by atoms with Crippen LogP contribution in [0.5, 0.6) is 0 Å². The van der Waals surface area contributed by atoms with Crippen LogP contribution < -0.4 is 5.32 Å². The van der Waals surface area contributed by atoms with Gasteiger partial charge in [0.2, 0.25) is 0 Å². The van der Waals surface area contributed by atoms with Crippen LogP contribution in [-0.4, -0.2) is 6.04 Å². The van der Waals surface area contributed by atoms with Crippen molar-refractivity contribution in [2.45, 2.75) is 31.6 Å². The van der Waals surface area contributed by atoms with Crippen LogP contribution in [0.4, 0.5) is 13.2 Å². The lowest BCUT2D eigenvalue weighted by molar-refractivity contribution is -0.138. The normalized spacial score (nSPS) is 29.1. The first kappa shape index (κ1) is 12.7. The zero-order valence-corrected chi connectivity index (χ0v) is 10.5. The molecule has 2 aliphatic rings. The molecule has 0 aliphatic heterocycles. The Kier molecular flexibility index (Phi) is 3.13. The SMILES string of the molecule is FC(F)(F)c1ccccc1CNC1CC2CC=CC21. The van der Waals surface area contributed by atoms with Gasteiger partial charge in [0.25, 0.3) is 0 Å². The van der Waals surface area contributed by atoms with E-state index in [1.165, 1.54) is 6.07 Å². The quantitative estimate of drug-likeness (QED) is 0.822. The van der Waals surface area contributed by atoms with E-state index in [1.807, 2.05) is 0 Å². The topological polar surface area (TPSA) is 12.0 Å². The van der Waals surface area contributed by atoms with Gasteiger partial charge in [-0.2, -0.15) is 13.2 Å². The van der Waals surface area contributed by atoms with Crippen LogP contribution in [0.1, 0.15) is 24.0 Å². The molecule has 0 saturated heterocycles. The van der Waals surface area contributed by atoms with Gasteiger partial charge < -0.3 is 5.32 Å². The molecule has 1 aromatic rings. The molecule has 1 N–H and O–H groups in total.